The van der Waals surface area contributed by atoms with Gasteiger partial charge in [0.15, 0.2) is 12.4 Å². The van der Waals surface area contributed by atoms with Crippen molar-refractivity contribution in [2.75, 3.05) is 13.2 Å². The predicted molar refractivity (Wildman–Crippen MR) is 202 cm³/mol. The summed E-state index contributed by atoms with van der Waals surface area (Å²) in [6, 6.07) is 7.00. The molecule has 0 radical (unpaired) electrons. The van der Waals surface area contributed by atoms with Crippen LogP contribution in [0.3, 0.4) is 0 Å². The zero-order chi connectivity index (χ0) is 40.7. The van der Waals surface area contributed by atoms with Crippen molar-refractivity contribution in [1.82, 2.24) is 5.32 Å². The van der Waals surface area contributed by atoms with Crippen molar-refractivity contribution >= 4 is 32.7 Å². The van der Waals surface area contributed by atoms with Gasteiger partial charge in [0.05, 0.1) is 24.8 Å². The van der Waals surface area contributed by atoms with Crippen molar-refractivity contribution in [3.8, 4) is 0 Å². The summed E-state index contributed by atoms with van der Waals surface area (Å²) in [7, 11) is -10.3. The highest BCUT2D eigenvalue weighted by molar-refractivity contribution is 7.81. The molecule has 1 aliphatic heterocycles. The molecule has 0 spiro atoms. The van der Waals surface area contributed by atoms with Gasteiger partial charge in [0.25, 0.3) is 0 Å². The van der Waals surface area contributed by atoms with Gasteiger partial charge in [-0.25, -0.2) is 13.2 Å². The number of benzene rings is 1. The van der Waals surface area contributed by atoms with Crippen LogP contribution in [0.5, 0.6) is 0 Å². The Labute approximate surface area is 326 Å². The quantitative estimate of drug-likeness (QED) is 0.0309. The Morgan fingerprint density at radius 3 is 1.98 bits per heavy atom. The van der Waals surface area contributed by atoms with Gasteiger partial charge in [-0.15, -0.1) is 0 Å². The van der Waals surface area contributed by atoms with Crippen LogP contribution in [0.4, 0.5) is 0 Å². The van der Waals surface area contributed by atoms with Crippen molar-refractivity contribution in [3.05, 3.63) is 48.0 Å². The molecule has 0 aliphatic carbocycles. The normalized spacial score (nSPS) is 21.7. The molecule has 1 aromatic carbocycles. The van der Waals surface area contributed by atoms with E-state index in [1.807, 2.05) is 13.0 Å². The minimum Gasteiger partial charge on any atom is -0.452 e. The molecule has 1 fully saturated rings. The van der Waals surface area contributed by atoms with E-state index >= 15 is 0 Å². The zero-order valence-corrected chi connectivity index (χ0v) is 33.5. The molecule has 1 aromatic rings. The number of hydrogen-bond acceptors (Lipinski definition) is 13. The molecule has 1 heterocycles. The van der Waals surface area contributed by atoms with Crippen molar-refractivity contribution in [1.29, 1.82) is 0 Å². The Morgan fingerprint density at radius 2 is 1.40 bits per heavy atom. The lowest BCUT2D eigenvalue weighted by Gasteiger charge is -2.41. The maximum atomic E-state index is 13.3. The van der Waals surface area contributed by atoms with Crippen molar-refractivity contribution in [3.63, 3.8) is 0 Å². The molecule has 1 saturated heterocycles. The van der Waals surface area contributed by atoms with Crippen molar-refractivity contribution in [2.45, 2.75) is 159 Å². The Morgan fingerprint density at radius 1 is 0.818 bits per heavy atom. The SMILES string of the molecule is CCCCCCCCCCCCC/C=C/[C@@H](OC(=O)c1ccccc1)[C@H](CO[C@@H]1O[C@H](COS(=O)(=O)O)[C@H](O)[C@H](O)[C@H]1OS(=O)(=O)O)NC(=O)CCCCC. The molecule has 0 unspecified atom stereocenters. The maximum absolute atomic E-state index is 13.3. The number of carbonyl (C=O) groups excluding carboxylic acids is 2. The number of aliphatic hydroxyl groups excluding tert-OH is 2. The third-order valence-corrected chi connectivity index (χ3v) is 9.90. The predicted octanol–water partition coefficient (Wildman–Crippen LogP) is 5.01. The summed E-state index contributed by atoms with van der Waals surface area (Å²) in [6.45, 7) is 2.58. The fourth-order valence-electron chi connectivity index (χ4n) is 5.98. The van der Waals surface area contributed by atoms with E-state index in [-0.39, 0.29) is 12.0 Å². The lowest BCUT2D eigenvalue weighted by molar-refractivity contribution is -0.296. The highest BCUT2D eigenvalue weighted by Gasteiger charge is 2.48. The molecular formula is C37H61NO15S2. The van der Waals surface area contributed by atoms with Crippen LogP contribution in [0, 0.1) is 0 Å². The number of esters is 1. The Kier molecular flexibility index (Phi) is 23.3. The fraction of sp³-hybridized carbons (Fsp3) is 0.730. The van der Waals surface area contributed by atoms with E-state index in [0.29, 0.717) is 12.8 Å². The summed E-state index contributed by atoms with van der Waals surface area (Å²) >= 11 is 0. The van der Waals surface area contributed by atoms with Crippen LogP contribution in [-0.4, -0.2) is 104 Å². The van der Waals surface area contributed by atoms with Crippen molar-refractivity contribution in [2.24, 2.45) is 0 Å². The molecule has 0 bridgehead atoms. The van der Waals surface area contributed by atoms with Crippen molar-refractivity contribution < 1.29 is 68.3 Å². The van der Waals surface area contributed by atoms with Gasteiger partial charge in [-0.2, -0.15) is 16.8 Å². The third-order valence-electron chi connectivity index (χ3n) is 9.00. The number of carbonyl (C=O) groups is 2. The standard InChI is InChI=1S/C37H61NO15S2/c1-3-5-7-8-9-10-11-12-13-14-15-16-21-24-30(51-36(42)28-22-19-17-20-23-28)29(38-32(39)25-18-6-4-2)26-49-37-35(53-55(46,47)48)34(41)33(40)31(52-37)27-50-54(43,44)45/h17,19-24,29-31,33-35,37,40-41H,3-16,18,25-27H2,1-2H3,(H,38,39)(H,43,44,45)(H,46,47,48)/b24-21+/t29-,30+,31+,33-,34-,35+,37+/m0/s1. The number of aliphatic hydroxyl groups is 2. The Bertz CT molecular complexity index is 1470. The first-order valence-electron chi connectivity index (χ1n) is 19.3. The summed E-state index contributed by atoms with van der Waals surface area (Å²) in [6.07, 6.45) is 8.19. The maximum Gasteiger partial charge on any atom is 0.397 e. The molecular weight excluding hydrogens is 763 g/mol. The summed E-state index contributed by atoms with van der Waals surface area (Å²) in [4.78, 5) is 26.4. The molecule has 1 amide bonds. The summed E-state index contributed by atoms with van der Waals surface area (Å²) in [5.41, 5.74) is 0.233. The van der Waals surface area contributed by atoms with E-state index in [1.165, 1.54) is 44.9 Å². The van der Waals surface area contributed by atoms with E-state index in [1.54, 1.807) is 36.4 Å². The van der Waals surface area contributed by atoms with E-state index in [0.717, 1.165) is 38.5 Å². The van der Waals surface area contributed by atoms with Crippen LogP contribution >= 0.6 is 0 Å². The first-order chi connectivity index (χ1) is 26.1. The molecule has 2 rings (SSSR count). The Balaban J connectivity index is 2.27. The van der Waals surface area contributed by atoms with E-state index in [9.17, 15) is 41.2 Å². The van der Waals surface area contributed by atoms with Gasteiger partial charge in [0, 0.05) is 6.42 Å². The van der Waals surface area contributed by atoms with E-state index in [4.69, 9.17) is 18.8 Å². The lowest BCUT2D eigenvalue weighted by Crippen LogP contribution is -2.61. The molecule has 316 valence electrons. The minimum atomic E-state index is -5.28. The molecule has 0 aromatic heterocycles. The largest absolute Gasteiger partial charge is 0.452 e. The number of amides is 1. The topological polar surface area (TPSA) is 242 Å². The zero-order valence-electron chi connectivity index (χ0n) is 31.9. The van der Waals surface area contributed by atoms with Gasteiger partial charge in [-0.3, -0.25) is 13.9 Å². The lowest BCUT2D eigenvalue weighted by atomic mass is 9.99. The van der Waals surface area contributed by atoms with Gasteiger partial charge in [0.2, 0.25) is 5.91 Å². The van der Waals surface area contributed by atoms with Crippen LogP contribution in [0.25, 0.3) is 0 Å². The van der Waals surface area contributed by atoms with Crippen LogP contribution in [-0.2, 0) is 48.2 Å². The number of unbranched alkanes of at least 4 members (excludes halogenated alkanes) is 13. The highest BCUT2D eigenvalue weighted by atomic mass is 32.3. The molecule has 18 heteroatoms. The molecule has 7 atom stereocenters. The second-order valence-corrected chi connectivity index (χ2v) is 15.8. The highest BCUT2D eigenvalue weighted by Crippen LogP contribution is 2.27. The number of rotatable bonds is 29. The molecule has 1 aliphatic rings. The van der Waals surface area contributed by atoms with E-state index < -0.39 is 88.7 Å². The van der Waals surface area contributed by atoms with Crippen LogP contribution in [0.15, 0.2) is 42.5 Å². The molecule has 55 heavy (non-hydrogen) atoms. The van der Waals surface area contributed by atoms with Crippen LogP contribution < -0.4 is 5.32 Å². The van der Waals surface area contributed by atoms with Gasteiger partial charge >= 0.3 is 26.8 Å². The summed E-state index contributed by atoms with van der Waals surface area (Å²) in [5.74, 6) is -1.12. The second-order valence-electron chi connectivity index (χ2n) is 13.7. The number of allylic oxidation sites excluding steroid dienone is 1. The van der Waals surface area contributed by atoms with Crippen LogP contribution in [0.1, 0.15) is 127 Å². The minimum absolute atomic E-state index is 0.126. The summed E-state index contributed by atoms with van der Waals surface area (Å²) < 4.78 is 90.2. The molecule has 16 nitrogen and oxygen atoms in total. The number of nitrogens with one attached hydrogen (secondary N) is 1. The van der Waals surface area contributed by atoms with Gasteiger partial charge in [-0.1, -0.05) is 115 Å². The Hall–Kier alpha value is -2.52. The first-order valence-corrected chi connectivity index (χ1v) is 22.0. The smallest absolute Gasteiger partial charge is 0.397 e. The molecule has 0 saturated carbocycles. The van der Waals surface area contributed by atoms with Gasteiger partial charge in [-0.05, 0) is 37.5 Å². The third kappa shape index (κ3) is 21.0. The molecule has 5 N–H and O–H groups in total. The number of hydrogen-bond donors (Lipinski definition) is 5. The first kappa shape index (κ1) is 48.6. The van der Waals surface area contributed by atoms with E-state index in [2.05, 4.69) is 20.6 Å². The average molecular weight is 824 g/mol. The average Bonchev–Trinajstić information content (AvgIpc) is 3.13. The number of ether oxygens (including phenoxy) is 3. The van der Waals surface area contributed by atoms with Gasteiger partial charge in [0.1, 0.15) is 24.4 Å². The second kappa shape index (κ2) is 26.4. The van der Waals surface area contributed by atoms with Gasteiger partial charge < -0.3 is 29.7 Å². The van der Waals surface area contributed by atoms with Crippen LogP contribution in [0.2, 0.25) is 0 Å². The summed E-state index contributed by atoms with van der Waals surface area (Å²) in [5, 5.41) is 24.0. The monoisotopic (exact) mass is 823 g/mol. The fourth-order valence-corrected chi connectivity index (χ4v) is 6.77.